The molecule has 20 unspecified atom stereocenters. The normalized spacial score (nSPS) is 44.4. The van der Waals surface area contributed by atoms with Gasteiger partial charge in [0.05, 0.1) is 176 Å². The average Bonchev–Trinajstić information content (AvgIpc) is 0.763. The van der Waals surface area contributed by atoms with E-state index in [9.17, 15) is 71.5 Å². The first-order chi connectivity index (χ1) is 57.7. The molecule has 0 aromatic carbocycles. The van der Waals surface area contributed by atoms with E-state index >= 15 is 0 Å². The fourth-order valence-corrected chi connectivity index (χ4v) is 23.1. The SMILES string of the molecule is COCC1OC(O)[C@H](CO)C(OC)[C@H]1O[C@@H]1OC(COC)[C@H](O[C@@H]2OC(C)[C@H](N[C@@H]3C(SCCOCCSC4C(CCO)[C@H](CO)C(CO)[C@H](OC)[C@H]4N[C@@H]4C(C)O[C@H](O[C@@H]5C(CCO)O[C@H](O[C@@H]6C(CCO)OC(O)[C@@H](OC)C6CO)[C@@H](OC)C5CO)[C@@H](OC)C4CO)C(COC)[C@@H](OC)C(OC)[C@H]3CO)C(OC)[C@H]2CO)C(OC)[C@H]1CO. The summed E-state index contributed by atoms with van der Waals surface area (Å²) in [6.07, 6.45) is -24.6. The van der Waals surface area contributed by atoms with Crippen LogP contribution in [0, 0.1) is 65.1 Å². The monoisotopic (exact) mass is 1760 g/mol. The van der Waals surface area contributed by atoms with Crippen molar-refractivity contribution in [1.29, 1.82) is 0 Å². The highest BCUT2D eigenvalue weighted by atomic mass is 32.2. The topological polar surface area (TPSA) is 520 Å². The molecular weight excluding hydrogens is 1620 g/mol. The standard InChI is InChI=1S/C78H144N2O37S2/c1-37-54(42(27-86)67(105-13)77(109-37)114-59-45(30-89)68(106-14)78(112-51(59)17-20-83)115-58-44(29-88)66(104-12)74(94)110-50(58)16-19-82)79-57-60(98-6)41(26-85)40(25-84)39(15-18-81)71(57)118-23-21-107-22-24-119-72-49(34-95-3)65(103-11)62(100-8)43(28-87)56(72)80-55-38(2)108-75(47(32-91)61(55)99-7)116-70-53(36-97-5)113-76(48(33-92)64(70)102-10)117-69-52(35-96-4)111-73(93)46(31-90)63(69)101-9/h37-94H,15-36H2,1-14H3/t37?,38?,39?,40-,41?,42?,43-,44?,45?,46+,47+,48+,49?,50?,51?,52?,53?,54+,55-,56-,57+,58-,59-,60-,61?,62?,63?,64?,65+,66-,67-,68-,69-,70-,71?,72?,73?,74?,75-,76-,77+,78+/m0/s1. The Kier molecular flexibility index (Phi) is 45.3. The summed E-state index contributed by atoms with van der Waals surface area (Å²) in [6.45, 7) is -0.755. The molecule has 39 nitrogen and oxygen atoms in total. The minimum absolute atomic E-state index is 0.00978. The zero-order chi connectivity index (χ0) is 86.9. The van der Waals surface area contributed by atoms with E-state index in [-0.39, 0.29) is 96.5 Å². The Morgan fingerprint density at radius 2 is 0.639 bits per heavy atom. The molecule has 16 N–H and O–H groups in total. The van der Waals surface area contributed by atoms with Crippen LogP contribution in [0.3, 0.4) is 0 Å². The summed E-state index contributed by atoms with van der Waals surface area (Å²) in [5, 5.41) is 160. The molecule has 6 aliphatic heterocycles. The molecule has 2 saturated carbocycles. The van der Waals surface area contributed by atoms with Crippen molar-refractivity contribution in [2.45, 2.75) is 221 Å². The minimum atomic E-state index is -1.45. The van der Waals surface area contributed by atoms with Crippen LogP contribution in [-0.4, -0.2) is 469 Å². The Labute approximate surface area is 707 Å². The predicted octanol–water partition coefficient (Wildman–Crippen LogP) is -5.27. The van der Waals surface area contributed by atoms with E-state index < -0.39 is 289 Å². The van der Waals surface area contributed by atoms with Gasteiger partial charge in [0.25, 0.3) is 0 Å². The first-order valence-electron chi connectivity index (χ1n) is 41.5. The minimum Gasteiger partial charge on any atom is -0.396 e. The largest absolute Gasteiger partial charge is 0.396 e. The lowest BCUT2D eigenvalue weighted by Gasteiger charge is -2.54. The van der Waals surface area contributed by atoms with Crippen LogP contribution in [0.5, 0.6) is 0 Å². The number of thioether (sulfide) groups is 2. The van der Waals surface area contributed by atoms with E-state index in [4.69, 9.17) is 109 Å². The van der Waals surface area contributed by atoms with E-state index in [1.807, 2.05) is 6.92 Å². The fourth-order valence-electron chi connectivity index (χ4n) is 20.2. The van der Waals surface area contributed by atoms with E-state index in [2.05, 4.69) is 10.6 Å². The van der Waals surface area contributed by atoms with Gasteiger partial charge in [-0.1, -0.05) is 0 Å². The Morgan fingerprint density at radius 1 is 0.277 bits per heavy atom. The third-order valence-electron chi connectivity index (χ3n) is 25.9. The van der Waals surface area contributed by atoms with E-state index in [0.717, 1.165) is 0 Å². The molecule has 700 valence electrons. The van der Waals surface area contributed by atoms with Gasteiger partial charge >= 0.3 is 0 Å². The van der Waals surface area contributed by atoms with Gasteiger partial charge in [-0.3, -0.25) is 0 Å². The Morgan fingerprint density at radius 3 is 1.13 bits per heavy atom. The van der Waals surface area contributed by atoms with Gasteiger partial charge in [0.2, 0.25) is 0 Å². The van der Waals surface area contributed by atoms with Crippen LogP contribution in [0.15, 0.2) is 0 Å². The first kappa shape index (κ1) is 104. The van der Waals surface area contributed by atoms with Gasteiger partial charge in [-0.25, -0.2) is 0 Å². The summed E-state index contributed by atoms with van der Waals surface area (Å²) in [4.78, 5) is 0. The van der Waals surface area contributed by atoms with E-state index in [1.165, 1.54) is 64.0 Å². The number of ether oxygens (including phenoxy) is 23. The summed E-state index contributed by atoms with van der Waals surface area (Å²) in [6, 6.07) is -2.57. The second kappa shape index (κ2) is 52.1. The number of hydrogen-bond acceptors (Lipinski definition) is 41. The zero-order valence-electron chi connectivity index (χ0n) is 71.3. The summed E-state index contributed by atoms with van der Waals surface area (Å²) in [7, 11) is 17.8. The first-order valence-corrected chi connectivity index (χ1v) is 43.6. The zero-order valence-corrected chi connectivity index (χ0v) is 72.9. The van der Waals surface area contributed by atoms with Gasteiger partial charge in [0.15, 0.2) is 37.7 Å². The quantitative estimate of drug-likeness (QED) is 0.0253. The smallest absolute Gasteiger partial charge is 0.185 e. The molecule has 0 radical (unpaired) electrons. The van der Waals surface area contributed by atoms with Crippen LogP contribution < -0.4 is 10.6 Å². The van der Waals surface area contributed by atoms with Crippen molar-refractivity contribution in [2.24, 2.45) is 65.1 Å². The van der Waals surface area contributed by atoms with E-state index in [0.29, 0.717) is 11.5 Å². The summed E-state index contributed by atoms with van der Waals surface area (Å²) in [5.41, 5.74) is 0. The van der Waals surface area contributed by atoms with Gasteiger partial charge in [-0.05, 0) is 44.9 Å². The summed E-state index contributed by atoms with van der Waals surface area (Å²) in [5.74, 6) is -6.91. The molecule has 8 fully saturated rings. The van der Waals surface area contributed by atoms with Crippen molar-refractivity contribution in [3.8, 4) is 0 Å². The number of nitrogens with one attached hydrogen (secondary N) is 2. The van der Waals surface area contributed by atoms with Crippen molar-refractivity contribution in [1.82, 2.24) is 10.6 Å². The molecule has 8 aliphatic rings. The highest BCUT2D eigenvalue weighted by Crippen LogP contribution is 2.48. The van der Waals surface area contributed by atoms with Crippen LogP contribution in [0.1, 0.15) is 33.1 Å². The van der Waals surface area contributed by atoms with Crippen LogP contribution in [-0.2, 0) is 109 Å². The van der Waals surface area contributed by atoms with Crippen molar-refractivity contribution < 1.29 is 180 Å². The van der Waals surface area contributed by atoms with Crippen molar-refractivity contribution in [2.75, 3.05) is 209 Å². The fraction of sp³-hybridized carbons (Fsp3) is 1.00. The van der Waals surface area contributed by atoms with Gasteiger partial charge < -0.3 is 191 Å². The molecule has 6 saturated heterocycles. The van der Waals surface area contributed by atoms with Crippen molar-refractivity contribution in [3.63, 3.8) is 0 Å². The molecule has 0 aromatic heterocycles. The molecular formula is C78H144N2O37S2. The Hall–Kier alpha value is -0.860. The Balaban J connectivity index is 0.973. The lowest BCUT2D eigenvalue weighted by atomic mass is 9.67. The van der Waals surface area contributed by atoms with Crippen LogP contribution in [0.2, 0.25) is 0 Å². The van der Waals surface area contributed by atoms with Crippen LogP contribution in [0.25, 0.3) is 0 Å². The number of hydrogen-bond donors (Lipinski definition) is 16. The maximum absolute atomic E-state index is 11.6. The highest BCUT2D eigenvalue weighted by Gasteiger charge is 2.61. The molecule has 8 rings (SSSR count). The van der Waals surface area contributed by atoms with Gasteiger partial charge in [-0.15, -0.1) is 0 Å². The number of aliphatic hydroxyl groups is 14. The molecule has 0 aromatic rings. The third kappa shape index (κ3) is 23.9. The molecule has 0 amide bonds. The highest BCUT2D eigenvalue weighted by molar-refractivity contribution is 8.00. The van der Waals surface area contributed by atoms with Gasteiger partial charge in [0, 0.05) is 194 Å². The molecule has 41 heteroatoms. The number of aliphatic hydroxyl groups excluding tert-OH is 14. The third-order valence-corrected chi connectivity index (χ3v) is 28.7. The summed E-state index contributed by atoms with van der Waals surface area (Å²) >= 11 is 3.15. The maximum atomic E-state index is 11.6. The molecule has 0 spiro atoms. The Bertz CT molecular complexity index is 2570. The average molecular weight is 1770 g/mol. The number of rotatable bonds is 50. The second-order valence-corrected chi connectivity index (χ2v) is 34.5. The lowest BCUT2D eigenvalue weighted by Crippen LogP contribution is -2.70. The van der Waals surface area contributed by atoms with E-state index in [1.54, 1.807) is 51.8 Å². The van der Waals surface area contributed by atoms with Crippen molar-refractivity contribution >= 4 is 23.5 Å². The second-order valence-electron chi connectivity index (χ2n) is 31.9. The van der Waals surface area contributed by atoms with Crippen LogP contribution in [0.4, 0.5) is 0 Å². The van der Waals surface area contributed by atoms with Crippen LogP contribution >= 0.6 is 23.5 Å². The summed E-state index contributed by atoms with van der Waals surface area (Å²) < 4.78 is 144. The molecule has 42 atom stereocenters. The molecule has 6 heterocycles. The van der Waals surface area contributed by atoms with Gasteiger partial charge in [0.1, 0.15) is 42.7 Å². The van der Waals surface area contributed by atoms with Crippen molar-refractivity contribution in [3.05, 3.63) is 0 Å². The maximum Gasteiger partial charge on any atom is 0.185 e. The van der Waals surface area contributed by atoms with Gasteiger partial charge in [-0.2, -0.15) is 23.5 Å². The molecule has 119 heavy (non-hydrogen) atoms. The molecule has 2 aliphatic carbocycles. The predicted molar refractivity (Wildman–Crippen MR) is 422 cm³/mol. The molecule has 0 bridgehead atoms. The lowest BCUT2D eigenvalue weighted by molar-refractivity contribution is -0.369. The number of methoxy groups -OCH3 is 12.